The molecule has 0 saturated carbocycles. The van der Waals surface area contributed by atoms with Crippen LogP contribution in [0, 0.1) is 37.5 Å². The molecule has 7 rings (SSSR count). The van der Waals surface area contributed by atoms with Gasteiger partial charge in [0.25, 0.3) is 11.8 Å². The largest absolute Gasteiger partial charge is 0.458 e. The number of cyclic esters (lactones) is 2. The Kier molecular flexibility index (Phi) is 21.6. The maximum Gasteiger partial charge on any atom is 0.329 e. The molecule has 0 spiro atoms. The summed E-state index contributed by atoms with van der Waals surface area (Å²) >= 11 is 0. The lowest BCUT2D eigenvalue weighted by Gasteiger charge is -2.36. The number of ether oxygens (including phenoxy) is 2. The monoisotopic (exact) mass is 1270 g/mol. The van der Waals surface area contributed by atoms with Gasteiger partial charge in [0.15, 0.2) is 11.3 Å². The molecule has 496 valence electrons. The number of fused-ring (bicyclic) bond motifs is 4. The van der Waals surface area contributed by atoms with Crippen LogP contribution in [0.3, 0.4) is 0 Å². The van der Waals surface area contributed by atoms with E-state index in [1.165, 1.54) is 80.7 Å². The molecule has 1 aliphatic carbocycles. The second-order valence-electron chi connectivity index (χ2n) is 25.7. The Balaban J connectivity index is 1.33. The van der Waals surface area contributed by atoms with Gasteiger partial charge in [-0.25, -0.2) is 14.6 Å². The van der Waals surface area contributed by atoms with Crippen molar-refractivity contribution in [2.45, 2.75) is 176 Å². The van der Waals surface area contributed by atoms with Gasteiger partial charge in [0.05, 0.1) is 29.9 Å². The van der Waals surface area contributed by atoms with Gasteiger partial charge in [-0.1, -0.05) is 67.9 Å². The van der Waals surface area contributed by atoms with Crippen LogP contribution in [0.2, 0.25) is 0 Å². The smallest absolute Gasteiger partial charge is 0.329 e. The summed E-state index contributed by atoms with van der Waals surface area (Å²) in [5.41, 5.74) is 3.60. The third-order valence-corrected chi connectivity index (χ3v) is 18.1. The van der Waals surface area contributed by atoms with Crippen LogP contribution in [0.4, 0.5) is 5.69 Å². The highest BCUT2D eigenvalue weighted by atomic mass is 16.6. The van der Waals surface area contributed by atoms with Gasteiger partial charge in [-0.2, -0.15) is 0 Å². The molecule has 91 heavy (non-hydrogen) atoms. The molecule has 10 amide bonds. The van der Waals surface area contributed by atoms with Crippen molar-refractivity contribution in [1.29, 1.82) is 0 Å². The number of hydrogen-bond donors (Lipinski definition) is 5. The Hall–Kier alpha value is -8.72. The fraction of sp³-hybridized carbons (Fsp3) is 0.619. The number of esters is 2. The number of likely N-dealkylation sites (N-methyl/N-ethyl adjacent to an activating group) is 4. The number of aryl methyl sites for hydroxylation is 1. The molecule has 3 unspecified atom stereocenters. The summed E-state index contributed by atoms with van der Waals surface area (Å²) in [6.45, 7) is 18.6. The Morgan fingerprint density at radius 3 is 1.55 bits per heavy atom. The summed E-state index contributed by atoms with van der Waals surface area (Å²) in [4.78, 5) is 200. The van der Waals surface area contributed by atoms with Gasteiger partial charge in [-0.15, -0.1) is 0 Å². The zero-order valence-corrected chi connectivity index (χ0v) is 54.8. The number of amides is 10. The molecule has 4 fully saturated rings. The van der Waals surface area contributed by atoms with Crippen LogP contribution < -0.4 is 32.4 Å². The maximum absolute atomic E-state index is 15.2. The van der Waals surface area contributed by atoms with E-state index in [1.54, 1.807) is 62.3 Å². The first-order valence-electron chi connectivity index (χ1n) is 31.1. The van der Waals surface area contributed by atoms with Gasteiger partial charge in [0.2, 0.25) is 52.7 Å². The number of nitrogens with zero attached hydrogens (tertiary/aromatic N) is 7. The Bertz CT molecular complexity index is 3440. The molecular weight excluding hydrogens is 1180 g/mol. The molecule has 5 heterocycles. The number of rotatable bonds is 9. The predicted molar refractivity (Wildman–Crippen MR) is 330 cm³/mol. The normalized spacial score (nSPS) is 26.4. The standard InChI is InChI=1S/C63H88N12O16/c1-17-31(8)44-61(86)75-25-19-21-38(75)59(84)71(14)27-40(77)73(16)50(30(6)7)63(88)90-35(12)46(57(82)67-44)69-55(80)41-42(64)51(78)33(10)53-48(41)65-47-36(23-22-32(9)52(47)91-53)54(79)68-45-34(11)89-62(87)49(29(4)5)72(15)39(76)26-70(13)58(83)37-20-18-24-74(37)60(85)43(28(2)3)66-56(45)81/h22-23,28-31,34-35,37-38,43-46,49-50H,17-21,24-27,64H2,1-16H3,(H,66,81)(H,67,82)(H,68,79)(H,69,80)/t31?,34?,35?,37-,38-,43+,44+,45-,46-,49-,50-/m0/s1. The van der Waals surface area contributed by atoms with E-state index in [0.29, 0.717) is 24.8 Å². The second-order valence-corrected chi connectivity index (χ2v) is 25.7. The topological polar surface area (TPSA) is 360 Å². The number of nitrogen functional groups attached to an aromatic ring is 1. The van der Waals surface area contributed by atoms with Crippen molar-refractivity contribution in [1.82, 2.24) is 55.7 Å². The quantitative estimate of drug-likeness (QED) is 0.114. The van der Waals surface area contributed by atoms with Crippen LogP contribution in [-0.2, 0) is 57.4 Å². The number of aromatic nitrogens is 1. The number of carbonyl (C=O) groups is 12. The van der Waals surface area contributed by atoms with Gasteiger partial charge < -0.3 is 70.3 Å². The van der Waals surface area contributed by atoms with Crippen LogP contribution in [-0.4, -0.2) is 220 Å². The molecule has 0 aromatic heterocycles. The van der Waals surface area contributed by atoms with Crippen LogP contribution in [0.25, 0.3) is 22.6 Å². The first-order chi connectivity index (χ1) is 42.6. The highest BCUT2D eigenvalue weighted by Crippen LogP contribution is 2.35. The average Bonchev–Trinajstić information content (AvgIpc) is 1.28. The highest BCUT2D eigenvalue weighted by Gasteiger charge is 2.47. The van der Waals surface area contributed by atoms with E-state index in [4.69, 9.17) is 24.6 Å². The van der Waals surface area contributed by atoms with Crippen molar-refractivity contribution in [3.8, 4) is 11.5 Å². The Morgan fingerprint density at radius 1 is 0.648 bits per heavy atom. The number of nitrogens with one attached hydrogen (secondary N) is 4. The predicted octanol–water partition coefficient (Wildman–Crippen LogP) is 1.12. The fourth-order valence-corrected chi connectivity index (χ4v) is 12.4. The summed E-state index contributed by atoms with van der Waals surface area (Å²) in [7, 11) is 5.60. The minimum Gasteiger partial charge on any atom is -0.458 e. The highest BCUT2D eigenvalue weighted by molar-refractivity contribution is 6.10. The third kappa shape index (κ3) is 14.1. The van der Waals surface area contributed by atoms with E-state index in [-0.39, 0.29) is 53.9 Å². The maximum atomic E-state index is 15.2. The Labute approximate surface area is 528 Å². The van der Waals surface area contributed by atoms with Crippen molar-refractivity contribution in [3.05, 3.63) is 44.6 Å². The fourth-order valence-electron chi connectivity index (χ4n) is 12.4. The SMILES string of the molecule is CCC(C)[C@H]1NC(=O)[C@@H](NC(=O)c2c3nc4c(C(=O)N[C@@H]5C(=O)N[C@H](C(C)C)C(=O)N6CCC[C@H]6C(=O)N(C)CC(=O)N(C)[C@@H](C(C)C)C(=O)OC5C)ccc(C)c4oc-3c(C)c(=O)c2N)C(C)OC(=O)[C@H](C(C)C)N(C)C(=O)CN(C)C(=O)[C@@H]2CCCN2C1=O. The molecule has 11 atom stereocenters. The first kappa shape index (κ1) is 69.7. The average molecular weight is 1270 g/mol. The lowest BCUT2D eigenvalue weighted by molar-refractivity contribution is -0.163. The van der Waals surface area contributed by atoms with Gasteiger partial charge in [-0.05, 0) is 88.7 Å². The van der Waals surface area contributed by atoms with E-state index in [9.17, 15) is 47.9 Å². The van der Waals surface area contributed by atoms with E-state index >= 15 is 14.4 Å². The summed E-state index contributed by atoms with van der Waals surface area (Å²) in [6.07, 6.45) is -1.30. The molecule has 1 aromatic rings. The molecule has 0 bridgehead atoms. The third-order valence-electron chi connectivity index (χ3n) is 18.1. The van der Waals surface area contributed by atoms with Crippen molar-refractivity contribution < 1.29 is 71.4 Å². The summed E-state index contributed by atoms with van der Waals surface area (Å²) < 4.78 is 18.3. The lowest BCUT2D eigenvalue weighted by atomic mass is 9.96. The van der Waals surface area contributed by atoms with Gasteiger partial charge in [-0.3, -0.25) is 52.7 Å². The molecule has 0 radical (unpaired) electrons. The van der Waals surface area contributed by atoms with Gasteiger partial charge in [0, 0.05) is 46.8 Å². The molecule has 28 heteroatoms. The van der Waals surface area contributed by atoms with Gasteiger partial charge in [0.1, 0.15) is 71.8 Å². The molecular formula is C63H88N12O16. The van der Waals surface area contributed by atoms with Gasteiger partial charge >= 0.3 is 11.9 Å². The van der Waals surface area contributed by atoms with Crippen molar-refractivity contribution >= 4 is 87.8 Å². The van der Waals surface area contributed by atoms with Crippen molar-refractivity contribution in [2.24, 2.45) is 23.7 Å². The van der Waals surface area contributed by atoms with E-state index < -0.39 is 191 Å². The lowest BCUT2D eigenvalue weighted by Crippen LogP contribution is -2.61. The van der Waals surface area contributed by atoms with Crippen LogP contribution in [0.1, 0.15) is 133 Å². The number of anilines is 1. The van der Waals surface area contributed by atoms with E-state index in [2.05, 4.69) is 21.3 Å². The second kappa shape index (κ2) is 28.2. The number of hydrogen-bond acceptors (Lipinski definition) is 18. The molecule has 4 saturated heterocycles. The summed E-state index contributed by atoms with van der Waals surface area (Å²) in [5.74, 6) is -12.3. The zero-order chi connectivity index (χ0) is 67.7. The number of benzene rings is 2. The van der Waals surface area contributed by atoms with Crippen LogP contribution in [0.5, 0.6) is 0 Å². The van der Waals surface area contributed by atoms with E-state index in [0.717, 1.165) is 9.80 Å². The number of nitrogens with two attached hydrogens (primary N) is 1. The molecule has 6 N–H and O–H groups in total. The van der Waals surface area contributed by atoms with Crippen LogP contribution in [0.15, 0.2) is 21.3 Å². The van der Waals surface area contributed by atoms with Crippen molar-refractivity contribution in [2.75, 3.05) is 60.1 Å². The molecule has 28 nitrogen and oxygen atoms in total. The summed E-state index contributed by atoms with van der Waals surface area (Å²) in [6, 6.07) is -7.88. The zero-order valence-electron chi connectivity index (χ0n) is 54.8. The van der Waals surface area contributed by atoms with E-state index in [1.807, 2.05) is 0 Å². The molecule has 1 aromatic carbocycles. The molecule has 5 aliphatic heterocycles. The van der Waals surface area contributed by atoms with Crippen LogP contribution >= 0.6 is 0 Å². The first-order valence-corrected chi connectivity index (χ1v) is 31.1. The summed E-state index contributed by atoms with van der Waals surface area (Å²) in [5, 5.41) is 10.8. The number of carbonyl (C=O) groups excluding carboxylic acids is 12. The minimum absolute atomic E-state index is 0.0750. The molecule has 6 aliphatic rings. The van der Waals surface area contributed by atoms with Crippen molar-refractivity contribution in [3.63, 3.8) is 0 Å². The Morgan fingerprint density at radius 2 is 1.10 bits per heavy atom. The minimum atomic E-state index is -1.88.